The van der Waals surface area contributed by atoms with Gasteiger partial charge in [0, 0.05) is 0 Å². The molecule has 0 saturated heterocycles. The molecule has 0 amide bonds. The summed E-state index contributed by atoms with van der Waals surface area (Å²) in [5.41, 5.74) is 4.71. The Hall–Kier alpha value is -1.17. The summed E-state index contributed by atoms with van der Waals surface area (Å²) in [6.07, 6.45) is 0. The first-order valence-corrected chi connectivity index (χ1v) is 3.70. The van der Waals surface area contributed by atoms with Crippen molar-refractivity contribution in [2.24, 2.45) is 0 Å². The zero-order valence-corrected chi connectivity index (χ0v) is 7.34. The van der Waals surface area contributed by atoms with Crippen LogP contribution in [0.2, 0.25) is 0 Å². The summed E-state index contributed by atoms with van der Waals surface area (Å²) in [4.78, 5) is 9.57. The molecule has 0 bridgehead atoms. The van der Waals surface area contributed by atoms with Crippen LogP contribution in [-0.2, 0) is 0 Å². The average Bonchev–Trinajstić information content (AvgIpc) is 1.96. The normalized spacial score (nSPS) is 9.83. The summed E-state index contributed by atoms with van der Waals surface area (Å²) in [5.74, 6) is -0.787. The fraction of sp³-hybridized carbons (Fsp3) is 0. The molecule has 1 rings (SSSR count). The topological polar surface area (TPSA) is 69.2 Å². The maximum atomic E-state index is 12.7. The standard InChI is InChI=1S/C6H4BrFN2O2/c7-3-1-5(9)4(8)2-6(3)10(11)12/h1-2H,9H2. The molecule has 4 nitrogen and oxygen atoms in total. The largest absolute Gasteiger partial charge is 0.396 e. The Labute approximate surface area is 75.5 Å². The molecule has 0 radical (unpaired) electrons. The van der Waals surface area contributed by atoms with E-state index < -0.39 is 10.7 Å². The number of benzene rings is 1. The van der Waals surface area contributed by atoms with Crippen molar-refractivity contribution in [2.75, 3.05) is 5.73 Å². The fourth-order valence-corrected chi connectivity index (χ4v) is 1.20. The van der Waals surface area contributed by atoms with Gasteiger partial charge in [-0.3, -0.25) is 10.1 Å². The van der Waals surface area contributed by atoms with E-state index >= 15 is 0 Å². The van der Waals surface area contributed by atoms with Crippen molar-refractivity contribution in [3.05, 3.63) is 32.5 Å². The van der Waals surface area contributed by atoms with Gasteiger partial charge in [-0.1, -0.05) is 0 Å². The van der Waals surface area contributed by atoms with Crippen molar-refractivity contribution < 1.29 is 9.31 Å². The summed E-state index contributed by atoms with van der Waals surface area (Å²) in [6, 6.07) is 1.94. The fourth-order valence-electron chi connectivity index (χ4n) is 0.692. The number of halogens is 2. The molecule has 0 aliphatic carbocycles. The SMILES string of the molecule is Nc1cc(Br)c([N+](=O)[O-])cc1F. The number of nitrogen functional groups attached to an aromatic ring is 1. The van der Waals surface area contributed by atoms with Crippen LogP contribution in [0, 0.1) is 15.9 Å². The van der Waals surface area contributed by atoms with Crippen LogP contribution in [0.25, 0.3) is 0 Å². The lowest BCUT2D eigenvalue weighted by Gasteiger charge is -1.98. The van der Waals surface area contributed by atoms with E-state index in [0.29, 0.717) is 0 Å². The molecule has 64 valence electrons. The van der Waals surface area contributed by atoms with Crippen LogP contribution >= 0.6 is 15.9 Å². The Morgan fingerprint density at radius 2 is 2.17 bits per heavy atom. The summed E-state index contributed by atoms with van der Waals surface area (Å²) >= 11 is 2.89. The summed E-state index contributed by atoms with van der Waals surface area (Å²) in [7, 11) is 0. The van der Waals surface area contributed by atoms with Crippen molar-refractivity contribution in [1.82, 2.24) is 0 Å². The quantitative estimate of drug-likeness (QED) is 0.460. The zero-order chi connectivity index (χ0) is 9.30. The van der Waals surface area contributed by atoms with Gasteiger partial charge < -0.3 is 5.73 Å². The lowest BCUT2D eigenvalue weighted by atomic mass is 10.3. The summed E-state index contributed by atoms with van der Waals surface area (Å²) in [5, 5.41) is 10.3. The predicted octanol–water partition coefficient (Wildman–Crippen LogP) is 2.08. The molecule has 0 aliphatic heterocycles. The Bertz CT molecular complexity index is 343. The number of nitrogens with zero attached hydrogens (tertiary/aromatic N) is 1. The van der Waals surface area contributed by atoms with E-state index in [1.54, 1.807) is 0 Å². The monoisotopic (exact) mass is 234 g/mol. The van der Waals surface area contributed by atoms with E-state index in [0.717, 1.165) is 12.1 Å². The third-order valence-corrected chi connectivity index (χ3v) is 1.90. The number of nitrogens with two attached hydrogens (primary N) is 1. The first kappa shape index (κ1) is 8.92. The Kier molecular flexibility index (Phi) is 2.27. The van der Waals surface area contributed by atoms with Gasteiger partial charge in [0.05, 0.1) is 21.1 Å². The Morgan fingerprint density at radius 3 is 2.67 bits per heavy atom. The minimum atomic E-state index is -0.787. The highest BCUT2D eigenvalue weighted by molar-refractivity contribution is 9.10. The molecule has 1 aromatic rings. The zero-order valence-electron chi connectivity index (χ0n) is 5.75. The number of anilines is 1. The number of hydrogen-bond donors (Lipinski definition) is 1. The van der Waals surface area contributed by atoms with Crippen molar-refractivity contribution >= 4 is 27.3 Å². The van der Waals surface area contributed by atoms with Gasteiger partial charge in [0.1, 0.15) is 0 Å². The van der Waals surface area contributed by atoms with Crippen LogP contribution in [0.3, 0.4) is 0 Å². The van der Waals surface area contributed by atoms with E-state index in [9.17, 15) is 14.5 Å². The smallest absolute Gasteiger partial charge is 0.286 e. The molecule has 0 unspecified atom stereocenters. The third kappa shape index (κ3) is 1.53. The highest BCUT2D eigenvalue weighted by Crippen LogP contribution is 2.28. The summed E-state index contributed by atoms with van der Waals surface area (Å²) < 4.78 is 12.8. The number of rotatable bonds is 1. The summed E-state index contributed by atoms with van der Waals surface area (Å²) in [6.45, 7) is 0. The molecule has 12 heavy (non-hydrogen) atoms. The number of nitro benzene ring substituents is 1. The highest BCUT2D eigenvalue weighted by Gasteiger charge is 2.14. The average molecular weight is 235 g/mol. The van der Waals surface area contributed by atoms with Crippen LogP contribution < -0.4 is 5.73 Å². The van der Waals surface area contributed by atoms with Gasteiger partial charge in [0.25, 0.3) is 5.69 Å². The first-order chi connectivity index (χ1) is 5.52. The number of hydrogen-bond acceptors (Lipinski definition) is 3. The first-order valence-electron chi connectivity index (χ1n) is 2.91. The van der Waals surface area contributed by atoms with Gasteiger partial charge in [0.2, 0.25) is 0 Å². The molecule has 6 heteroatoms. The van der Waals surface area contributed by atoms with Crippen LogP contribution in [0.5, 0.6) is 0 Å². The molecule has 0 heterocycles. The molecule has 0 atom stereocenters. The predicted molar refractivity (Wildman–Crippen MR) is 45.2 cm³/mol. The molecule has 2 N–H and O–H groups in total. The maximum absolute atomic E-state index is 12.7. The van der Waals surface area contributed by atoms with Crippen LogP contribution in [-0.4, -0.2) is 4.92 Å². The molecule has 1 aromatic carbocycles. The second-order valence-electron chi connectivity index (χ2n) is 2.08. The Balaban J connectivity index is 3.33. The molecular weight excluding hydrogens is 231 g/mol. The van der Waals surface area contributed by atoms with Gasteiger partial charge in [-0.25, -0.2) is 4.39 Å². The molecule has 0 saturated carbocycles. The second kappa shape index (κ2) is 3.06. The van der Waals surface area contributed by atoms with Crippen LogP contribution in [0.1, 0.15) is 0 Å². The molecule has 0 aromatic heterocycles. The van der Waals surface area contributed by atoms with Gasteiger partial charge in [-0.05, 0) is 22.0 Å². The van der Waals surface area contributed by atoms with Crippen molar-refractivity contribution in [3.8, 4) is 0 Å². The van der Waals surface area contributed by atoms with E-state index in [4.69, 9.17) is 5.73 Å². The number of nitro groups is 1. The van der Waals surface area contributed by atoms with E-state index in [2.05, 4.69) is 15.9 Å². The minimum absolute atomic E-state index is 0.118. The van der Waals surface area contributed by atoms with Crippen molar-refractivity contribution in [1.29, 1.82) is 0 Å². The molecular formula is C6H4BrFN2O2. The molecule has 0 spiro atoms. The van der Waals surface area contributed by atoms with Crippen molar-refractivity contribution in [3.63, 3.8) is 0 Å². The van der Waals surface area contributed by atoms with Gasteiger partial charge in [-0.15, -0.1) is 0 Å². The van der Waals surface area contributed by atoms with Gasteiger partial charge in [0.15, 0.2) is 5.82 Å². The minimum Gasteiger partial charge on any atom is -0.396 e. The molecule has 0 fully saturated rings. The third-order valence-electron chi connectivity index (χ3n) is 1.26. The van der Waals surface area contributed by atoms with Crippen LogP contribution in [0.15, 0.2) is 16.6 Å². The second-order valence-corrected chi connectivity index (χ2v) is 2.94. The van der Waals surface area contributed by atoms with Gasteiger partial charge in [-0.2, -0.15) is 0 Å². The maximum Gasteiger partial charge on any atom is 0.286 e. The van der Waals surface area contributed by atoms with Gasteiger partial charge >= 0.3 is 0 Å². The Morgan fingerprint density at radius 1 is 1.58 bits per heavy atom. The highest BCUT2D eigenvalue weighted by atomic mass is 79.9. The van der Waals surface area contributed by atoms with E-state index in [1.165, 1.54) is 0 Å². The lowest BCUT2D eigenvalue weighted by molar-refractivity contribution is -0.385. The van der Waals surface area contributed by atoms with Crippen molar-refractivity contribution in [2.45, 2.75) is 0 Å². The lowest BCUT2D eigenvalue weighted by Crippen LogP contribution is -1.95. The van der Waals surface area contributed by atoms with E-state index in [-0.39, 0.29) is 15.8 Å². The van der Waals surface area contributed by atoms with Crippen LogP contribution in [0.4, 0.5) is 15.8 Å². The van der Waals surface area contributed by atoms with E-state index in [1.807, 2.05) is 0 Å². The molecule has 0 aliphatic rings.